The summed E-state index contributed by atoms with van der Waals surface area (Å²) in [6.07, 6.45) is 4.67. The summed E-state index contributed by atoms with van der Waals surface area (Å²) in [5.41, 5.74) is 6.25. The van der Waals surface area contributed by atoms with Gasteiger partial charge in [-0.25, -0.2) is 0 Å². The van der Waals surface area contributed by atoms with Crippen LogP contribution in [0.2, 0.25) is 0 Å². The quantitative estimate of drug-likeness (QED) is 0.799. The number of pyridine rings is 1. The number of aliphatic hydroxyl groups is 1. The monoisotopic (exact) mass is 292 g/mol. The molecule has 1 aliphatic carbocycles. The molecule has 3 N–H and O–H groups in total. The van der Waals surface area contributed by atoms with Crippen LogP contribution in [0.15, 0.2) is 18.5 Å². The zero-order chi connectivity index (χ0) is 15.0. The number of rotatable bonds is 2. The highest BCUT2D eigenvalue weighted by Crippen LogP contribution is 2.47. The molecule has 2 fully saturated rings. The third-order valence-corrected chi connectivity index (χ3v) is 4.46. The molecule has 6 nitrogen and oxygen atoms in total. The van der Waals surface area contributed by atoms with E-state index in [9.17, 15) is 9.90 Å². The zero-order valence-corrected chi connectivity index (χ0v) is 12.0. The number of nitrogens with zero attached hydrogens (tertiary/aromatic N) is 1. The summed E-state index contributed by atoms with van der Waals surface area (Å²) in [7, 11) is 0. The molecule has 114 valence electrons. The topological polar surface area (TPSA) is 94.7 Å². The summed E-state index contributed by atoms with van der Waals surface area (Å²) in [6.45, 7) is 1.36. The van der Waals surface area contributed by atoms with Crippen LogP contribution in [-0.2, 0) is 14.3 Å². The molecule has 0 spiro atoms. The summed E-state index contributed by atoms with van der Waals surface area (Å²) in [5.74, 6) is -0.387. The Morgan fingerprint density at radius 2 is 2.43 bits per heavy atom. The van der Waals surface area contributed by atoms with Crippen molar-refractivity contribution >= 4 is 11.7 Å². The maximum atomic E-state index is 11.3. The first-order chi connectivity index (χ1) is 10.0. The Morgan fingerprint density at radius 1 is 1.62 bits per heavy atom. The minimum Gasteiger partial charge on any atom is -0.459 e. The van der Waals surface area contributed by atoms with Gasteiger partial charge in [-0.15, -0.1) is 0 Å². The highest BCUT2D eigenvalue weighted by molar-refractivity contribution is 5.66. The standard InChI is InChI=1S/C15H20N2O4/c1-9(18)20-14-7-12(10-4-6-17-8-11(10)16)21-13-3-2-5-15(13,14)19/h4,6,8,12-14,19H,2-3,5,7,16H2,1H3/t12-,13-,14-,15+/m1/s1. The van der Waals surface area contributed by atoms with Crippen molar-refractivity contribution < 1.29 is 19.4 Å². The molecule has 6 heteroatoms. The predicted molar refractivity (Wildman–Crippen MR) is 75.2 cm³/mol. The first-order valence-corrected chi connectivity index (χ1v) is 7.25. The first-order valence-electron chi connectivity index (χ1n) is 7.25. The normalized spacial score (nSPS) is 35.2. The first kappa shape index (κ1) is 14.3. The molecule has 1 aromatic rings. The number of ether oxygens (including phenoxy) is 2. The summed E-state index contributed by atoms with van der Waals surface area (Å²) >= 11 is 0. The molecule has 0 unspecified atom stereocenters. The lowest BCUT2D eigenvalue weighted by Gasteiger charge is -2.44. The maximum absolute atomic E-state index is 11.3. The van der Waals surface area contributed by atoms with E-state index in [0.717, 1.165) is 18.4 Å². The van der Waals surface area contributed by atoms with Gasteiger partial charge in [0.1, 0.15) is 11.7 Å². The van der Waals surface area contributed by atoms with E-state index in [1.54, 1.807) is 12.4 Å². The van der Waals surface area contributed by atoms with Crippen LogP contribution < -0.4 is 5.73 Å². The van der Waals surface area contributed by atoms with Gasteiger partial charge in [-0.1, -0.05) is 0 Å². The number of nitrogens with two attached hydrogens (primary N) is 1. The molecule has 1 saturated carbocycles. The van der Waals surface area contributed by atoms with E-state index >= 15 is 0 Å². The van der Waals surface area contributed by atoms with Gasteiger partial charge < -0.3 is 20.3 Å². The smallest absolute Gasteiger partial charge is 0.303 e. The second-order valence-electron chi connectivity index (χ2n) is 5.84. The molecular formula is C15H20N2O4. The molecule has 1 aliphatic heterocycles. The fraction of sp³-hybridized carbons (Fsp3) is 0.600. The van der Waals surface area contributed by atoms with E-state index in [2.05, 4.69) is 4.98 Å². The zero-order valence-electron chi connectivity index (χ0n) is 12.0. The van der Waals surface area contributed by atoms with Crippen LogP contribution in [0, 0.1) is 0 Å². The van der Waals surface area contributed by atoms with Gasteiger partial charge in [0.25, 0.3) is 0 Å². The van der Waals surface area contributed by atoms with Gasteiger partial charge >= 0.3 is 5.97 Å². The van der Waals surface area contributed by atoms with E-state index in [4.69, 9.17) is 15.2 Å². The Bertz CT molecular complexity index is 550. The van der Waals surface area contributed by atoms with Crippen molar-refractivity contribution in [3.63, 3.8) is 0 Å². The van der Waals surface area contributed by atoms with E-state index < -0.39 is 11.7 Å². The van der Waals surface area contributed by atoms with Crippen LogP contribution in [0.3, 0.4) is 0 Å². The van der Waals surface area contributed by atoms with Gasteiger partial charge in [-0.2, -0.15) is 0 Å². The Balaban J connectivity index is 1.89. The summed E-state index contributed by atoms with van der Waals surface area (Å²) in [4.78, 5) is 15.3. The van der Waals surface area contributed by atoms with Gasteiger partial charge in [0.15, 0.2) is 0 Å². The summed E-state index contributed by atoms with van der Waals surface area (Å²) in [5, 5.41) is 10.8. The molecule has 3 rings (SSSR count). The molecule has 1 saturated heterocycles. The van der Waals surface area contributed by atoms with Crippen LogP contribution in [0.5, 0.6) is 0 Å². The second-order valence-corrected chi connectivity index (χ2v) is 5.84. The SMILES string of the molecule is CC(=O)O[C@@H]1C[C@H](c2ccncc2N)O[C@@H]2CCC[C@@]12O. The molecule has 4 atom stereocenters. The molecular weight excluding hydrogens is 272 g/mol. The van der Waals surface area contributed by atoms with Crippen molar-refractivity contribution in [3.8, 4) is 0 Å². The third-order valence-electron chi connectivity index (χ3n) is 4.46. The number of anilines is 1. The number of hydrogen-bond donors (Lipinski definition) is 2. The third kappa shape index (κ3) is 2.49. The predicted octanol–water partition coefficient (Wildman–Crippen LogP) is 1.34. The van der Waals surface area contributed by atoms with E-state index in [0.29, 0.717) is 18.5 Å². The van der Waals surface area contributed by atoms with Crippen molar-refractivity contribution in [1.82, 2.24) is 4.98 Å². The van der Waals surface area contributed by atoms with Crippen LogP contribution in [-0.4, -0.2) is 33.9 Å². The summed E-state index contributed by atoms with van der Waals surface area (Å²) in [6, 6.07) is 1.81. The molecule has 21 heavy (non-hydrogen) atoms. The lowest BCUT2D eigenvalue weighted by atomic mass is 9.84. The van der Waals surface area contributed by atoms with Crippen LogP contribution in [0.25, 0.3) is 0 Å². The van der Waals surface area contributed by atoms with Crippen molar-refractivity contribution in [2.24, 2.45) is 0 Å². The number of fused-ring (bicyclic) bond motifs is 1. The molecule has 0 bridgehead atoms. The number of carbonyl (C=O) groups excluding carboxylic acids is 1. The van der Waals surface area contributed by atoms with Gasteiger partial charge in [-0.05, 0) is 25.3 Å². The van der Waals surface area contributed by atoms with Crippen LogP contribution >= 0.6 is 0 Å². The molecule has 2 aliphatic rings. The molecule has 0 aromatic carbocycles. The molecule has 2 heterocycles. The van der Waals surface area contributed by atoms with Gasteiger partial charge in [0.05, 0.1) is 24.1 Å². The Morgan fingerprint density at radius 3 is 3.14 bits per heavy atom. The Hall–Kier alpha value is -1.66. The Labute approximate surface area is 123 Å². The van der Waals surface area contributed by atoms with E-state index in [1.165, 1.54) is 6.92 Å². The van der Waals surface area contributed by atoms with Crippen LogP contribution in [0.1, 0.15) is 44.3 Å². The van der Waals surface area contributed by atoms with Crippen molar-refractivity contribution in [1.29, 1.82) is 0 Å². The molecule has 0 radical (unpaired) electrons. The molecule has 0 amide bonds. The maximum Gasteiger partial charge on any atom is 0.303 e. The average molecular weight is 292 g/mol. The van der Waals surface area contributed by atoms with Gasteiger partial charge in [-0.3, -0.25) is 9.78 Å². The van der Waals surface area contributed by atoms with Crippen molar-refractivity contribution in [2.75, 3.05) is 5.73 Å². The van der Waals surface area contributed by atoms with Gasteiger partial charge in [0, 0.05) is 25.1 Å². The number of carbonyl (C=O) groups is 1. The largest absolute Gasteiger partial charge is 0.459 e. The number of esters is 1. The van der Waals surface area contributed by atoms with Crippen molar-refractivity contribution in [3.05, 3.63) is 24.0 Å². The fourth-order valence-electron chi connectivity index (χ4n) is 3.45. The number of nitrogen functional groups attached to an aromatic ring is 1. The minimum atomic E-state index is -1.08. The van der Waals surface area contributed by atoms with Crippen molar-refractivity contribution in [2.45, 2.75) is 56.5 Å². The van der Waals surface area contributed by atoms with E-state index in [-0.39, 0.29) is 18.2 Å². The Kier molecular flexibility index (Phi) is 3.59. The average Bonchev–Trinajstić information content (AvgIpc) is 2.81. The summed E-state index contributed by atoms with van der Waals surface area (Å²) < 4.78 is 11.4. The lowest BCUT2D eigenvalue weighted by Crippen LogP contribution is -2.55. The highest BCUT2D eigenvalue weighted by Gasteiger charge is 2.54. The number of aromatic nitrogens is 1. The number of hydrogen-bond acceptors (Lipinski definition) is 6. The highest BCUT2D eigenvalue weighted by atomic mass is 16.6. The minimum absolute atomic E-state index is 0.291. The van der Waals surface area contributed by atoms with Gasteiger partial charge in [0.2, 0.25) is 0 Å². The molecule has 1 aromatic heterocycles. The van der Waals surface area contributed by atoms with Crippen LogP contribution in [0.4, 0.5) is 5.69 Å². The lowest BCUT2D eigenvalue weighted by molar-refractivity contribution is -0.227. The fourth-order valence-corrected chi connectivity index (χ4v) is 3.45. The second kappa shape index (κ2) is 5.27. The van der Waals surface area contributed by atoms with E-state index in [1.807, 2.05) is 6.07 Å².